The fourth-order valence-electron chi connectivity index (χ4n) is 2.78. The van der Waals surface area contributed by atoms with Crippen molar-refractivity contribution in [1.82, 2.24) is 4.57 Å². The molecule has 0 aliphatic heterocycles. The van der Waals surface area contributed by atoms with Crippen LogP contribution in [0.15, 0.2) is 29.1 Å². The van der Waals surface area contributed by atoms with Crippen LogP contribution >= 0.6 is 0 Å². The van der Waals surface area contributed by atoms with Crippen molar-refractivity contribution in [2.45, 2.75) is 32.5 Å². The number of nitrogens with two attached hydrogens (primary N) is 1. The molecule has 140 valence electrons. The van der Waals surface area contributed by atoms with E-state index in [0.29, 0.717) is 11.1 Å². The summed E-state index contributed by atoms with van der Waals surface area (Å²) in [6.07, 6.45) is -4.64. The van der Waals surface area contributed by atoms with Crippen molar-refractivity contribution in [3.05, 3.63) is 57.0 Å². The van der Waals surface area contributed by atoms with E-state index in [-0.39, 0.29) is 17.7 Å². The second-order valence-electron chi connectivity index (χ2n) is 6.23. The first kappa shape index (κ1) is 19.7. The molecule has 2 aromatic rings. The van der Waals surface area contributed by atoms with Gasteiger partial charge in [0.1, 0.15) is 6.04 Å². The molecule has 5 nitrogen and oxygen atoms in total. The van der Waals surface area contributed by atoms with Crippen LogP contribution in [0.1, 0.15) is 22.4 Å². The molecular formula is C18H19F3N2O3. The van der Waals surface area contributed by atoms with Gasteiger partial charge in [-0.1, -0.05) is 18.2 Å². The average Bonchev–Trinajstić information content (AvgIpc) is 2.52. The summed E-state index contributed by atoms with van der Waals surface area (Å²) in [5.74, 6) is -1.17. The Morgan fingerprint density at radius 2 is 1.88 bits per heavy atom. The number of hydrogen-bond acceptors (Lipinski definition) is 3. The standard InChI is InChI=1S/C18H19F3N2O3/c1-9-6-11(8-14(22)17(25)26)4-5-12(9)15-13(18(19,20)21)7-10(2)23(3)16(15)24/h4-7,14H,8,22H2,1-3H3,(H,25,26)/t14-/m0/s1. The summed E-state index contributed by atoms with van der Waals surface area (Å²) in [4.78, 5) is 23.4. The monoisotopic (exact) mass is 368 g/mol. The topological polar surface area (TPSA) is 85.3 Å². The maximum absolute atomic E-state index is 13.5. The van der Waals surface area contributed by atoms with Crippen molar-refractivity contribution in [2.24, 2.45) is 12.8 Å². The predicted octanol–water partition coefficient (Wildman–Crippen LogP) is 2.64. The van der Waals surface area contributed by atoms with Gasteiger partial charge in [-0.15, -0.1) is 0 Å². The summed E-state index contributed by atoms with van der Waals surface area (Å²) in [5, 5.41) is 8.87. The van der Waals surface area contributed by atoms with E-state index >= 15 is 0 Å². The Hall–Kier alpha value is -2.61. The lowest BCUT2D eigenvalue weighted by Crippen LogP contribution is -2.32. The molecule has 1 heterocycles. The van der Waals surface area contributed by atoms with Crippen molar-refractivity contribution >= 4 is 5.97 Å². The Morgan fingerprint density at radius 3 is 2.38 bits per heavy atom. The number of carbonyl (C=O) groups is 1. The number of alkyl halides is 3. The summed E-state index contributed by atoms with van der Waals surface area (Å²) in [7, 11) is 1.41. The largest absolute Gasteiger partial charge is 0.480 e. The Kier molecular flexibility index (Phi) is 5.27. The molecule has 8 heteroatoms. The minimum absolute atomic E-state index is 0.0362. The van der Waals surface area contributed by atoms with Gasteiger partial charge in [-0.3, -0.25) is 9.59 Å². The van der Waals surface area contributed by atoms with Crippen LogP contribution in [0.5, 0.6) is 0 Å². The van der Waals surface area contributed by atoms with Gasteiger partial charge in [0, 0.05) is 12.7 Å². The third-order valence-electron chi connectivity index (χ3n) is 4.31. The number of pyridine rings is 1. The molecule has 0 aliphatic rings. The zero-order chi connectivity index (χ0) is 19.8. The number of aromatic nitrogens is 1. The molecule has 2 rings (SSSR count). The van der Waals surface area contributed by atoms with E-state index in [2.05, 4.69) is 0 Å². The number of rotatable bonds is 4. The Balaban J connectivity index is 2.64. The van der Waals surface area contributed by atoms with Crippen LogP contribution in [0.3, 0.4) is 0 Å². The zero-order valence-corrected chi connectivity index (χ0v) is 14.5. The van der Waals surface area contributed by atoms with Gasteiger partial charge in [0.15, 0.2) is 0 Å². The molecule has 0 spiro atoms. The Labute approximate surface area is 147 Å². The van der Waals surface area contributed by atoms with E-state index in [9.17, 15) is 22.8 Å². The molecule has 0 saturated heterocycles. The minimum atomic E-state index is -4.68. The Morgan fingerprint density at radius 1 is 1.27 bits per heavy atom. The minimum Gasteiger partial charge on any atom is -0.480 e. The first-order valence-corrected chi connectivity index (χ1v) is 7.79. The van der Waals surface area contributed by atoms with Crippen LogP contribution in [-0.2, 0) is 24.4 Å². The summed E-state index contributed by atoms with van der Waals surface area (Å²) in [6, 6.07) is 4.28. The van der Waals surface area contributed by atoms with Crippen molar-refractivity contribution in [1.29, 1.82) is 0 Å². The van der Waals surface area contributed by atoms with Crippen LogP contribution < -0.4 is 11.3 Å². The number of carboxylic acid groups (broad SMARTS) is 1. The molecule has 1 aromatic heterocycles. The third-order valence-corrected chi connectivity index (χ3v) is 4.31. The highest BCUT2D eigenvalue weighted by Gasteiger charge is 2.36. The lowest BCUT2D eigenvalue weighted by atomic mass is 9.93. The molecule has 3 N–H and O–H groups in total. The second-order valence-corrected chi connectivity index (χ2v) is 6.23. The van der Waals surface area contributed by atoms with Gasteiger partial charge >= 0.3 is 12.1 Å². The first-order chi connectivity index (χ1) is 11.9. The summed E-state index contributed by atoms with van der Waals surface area (Å²) in [6.45, 7) is 3.01. The van der Waals surface area contributed by atoms with Crippen LogP contribution in [-0.4, -0.2) is 21.7 Å². The van der Waals surface area contributed by atoms with Crippen molar-refractivity contribution in [3.63, 3.8) is 0 Å². The fourth-order valence-corrected chi connectivity index (χ4v) is 2.78. The molecular weight excluding hydrogens is 349 g/mol. The van der Waals surface area contributed by atoms with Crippen molar-refractivity contribution < 1.29 is 23.1 Å². The highest BCUT2D eigenvalue weighted by atomic mass is 19.4. The predicted molar refractivity (Wildman–Crippen MR) is 90.9 cm³/mol. The Bertz CT molecular complexity index is 917. The van der Waals surface area contributed by atoms with E-state index in [0.717, 1.165) is 10.6 Å². The SMILES string of the molecule is Cc1cc(C[C@H](N)C(=O)O)ccc1-c1c(C(F)(F)F)cc(C)n(C)c1=O. The maximum Gasteiger partial charge on any atom is 0.417 e. The first-order valence-electron chi connectivity index (χ1n) is 7.79. The van der Waals surface area contributed by atoms with Crippen LogP contribution in [0.2, 0.25) is 0 Å². The molecule has 1 aromatic carbocycles. The van der Waals surface area contributed by atoms with Gasteiger partial charge in [0.25, 0.3) is 5.56 Å². The number of nitrogens with zero attached hydrogens (tertiary/aromatic N) is 1. The van der Waals surface area contributed by atoms with E-state index in [1.54, 1.807) is 13.0 Å². The van der Waals surface area contributed by atoms with Crippen LogP contribution in [0.25, 0.3) is 11.1 Å². The number of aryl methyl sites for hydroxylation is 2. The van der Waals surface area contributed by atoms with E-state index < -0.39 is 34.9 Å². The smallest absolute Gasteiger partial charge is 0.417 e. The zero-order valence-electron chi connectivity index (χ0n) is 14.5. The molecule has 0 fully saturated rings. The van der Waals surface area contributed by atoms with Crippen molar-refractivity contribution in [2.75, 3.05) is 0 Å². The molecule has 0 aliphatic carbocycles. The molecule has 0 radical (unpaired) electrons. The normalized spacial score (nSPS) is 12.9. The van der Waals surface area contributed by atoms with E-state index in [1.165, 1.54) is 26.1 Å². The lowest BCUT2D eigenvalue weighted by molar-refractivity contribution is -0.138. The van der Waals surface area contributed by atoms with Gasteiger partial charge in [-0.2, -0.15) is 13.2 Å². The average molecular weight is 368 g/mol. The van der Waals surface area contributed by atoms with E-state index in [4.69, 9.17) is 10.8 Å². The van der Waals surface area contributed by atoms with Crippen molar-refractivity contribution in [3.8, 4) is 11.1 Å². The number of aliphatic carboxylic acids is 1. The summed E-state index contributed by atoms with van der Waals surface area (Å²) in [5.41, 5.74) is 4.70. The maximum atomic E-state index is 13.5. The molecule has 0 bridgehead atoms. The number of hydrogen-bond donors (Lipinski definition) is 2. The van der Waals surface area contributed by atoms with Gasteiger partial charge in [-0.05, 0) is 43.0 Å². The highest BCUT2D eigenvalue weighted by molar-refractivity contribution is 5.74. The lowest BCUT2D eigenvalue weighted by Gasteiger charge is -2.18. The van der Waals surface area contributed by atoms with Crippen LogP contribution in [0.4, 0.5) is 13.2 Å². The number of benzene rings is 1. The van der Waals surface area contributed by atoms with Gasteiger partial charge in [0.2, 0.25) is 0 Å². The number of halogens is 3. The molecule has 0 saturated carbocycles. The van der Waals surface area contributed by atoms with Gasteiger partial charge < -0.3 is 15.4 Å². The second kappa shape index (κ2) is 6.95. The van der Waals surface area contributed by atoms with Gasteiger partial charge in [0.05, 0.1) is 11.1 Å². The highest BCUT2D eigenvalue weighted by Crippen LogP contribution is 2.37. The molecule has 0 amide bonds. The van der Waals surface area contributed by atoms with Gasteiger partial charge in [-0.25, -0.2) is 0 Å². The molecule has 26 heavy (non-hydrogen) atoms. The summed E-state index contributed by atoms with van der Waals surface area (Å²) < 4.78 is 41.6. The van der Waals surface area contributed by atoms with Crippen LogP contribution in [0, 0.1) is 13.8 Å². The quantitative estimate of drug-likeness (QED) is 0.869. The molecule has 1 atom stereocenters. The summed E-state index contributed by atoms with van der Waals surface area (Å²) >= 11 is 0. The fraction of sp³-hybridized carbons (Fsp3) is 0.333. The molecule has 0 unspecified atom stereocenters. The van der Waals surface area contributed by atoms with E-state index in [1.807, 2.05) is 0 Å². The third kappa shape index (κ3) is 3.80. The number of carboxylic acids is 1.